The van der Waals surface area contributed by atoms with E-state index >= 15 is 0 Å². The van der Waals surface area contributed by atoms with Gasteiger partial charge in [0.2, 0.25) is 0 Å². The van der Waals surface area contributed by atoms with E-state index in [9.17, 15) is 13.2 Å². The Kier molecular flexibility index (Phi) is 5.27. The number of benzene rings is 1. The van der Waals surface area contributed by atoms with Crippen molar-refractivity contribution in [3.8, 4) is 0 Å². The molecule has 2 heterocycles. The number of rotatable bonds is 6. The molecule has 1 saturated carbocycles. The van der Waals surface area contributed by atoms with Gasteiger partial charge >= 0.3 is 6.18 Å². The summed E-state index contributed by atoms with van der Waals surface area (Å²) < 4.78 is 37.8. The number of alkyl halides is 3. The molecule has 1 aromatic carbocycles. The highest BCUT2D eigenvalue weighted by atomic mass is 32.1. The van der Waals surface area contributed by atoms with Gasteiger partial charge in [-0.2, -0.15) is 13.2 Å². The van der Waals surface area contributed by atoms with Gasteiger partial charge < -0.3 is 10.2 Å². The summed E-state index contributed by atoms with van der Waals surface area (Å²) in [6.07, 6.45) is -1.59. The summed E-state index contributed by atoms with van der Waals surface area (Å²) in [5.74, 6) is 0.938. The lowest BCUT2D eigenvalue weighted by Crippen LogP contribution is -2.47. The van der Waals surface area contributed by atoms with Crippen LogP contribution in [0.25, 0.3) is 0 Å². The van der Waals surface area contributed by atoms with E-state index in [1.165, 1.54) is 25.1 Å². The van der Waals surface area contributed by atoms with Crippen LogP contribution in [-0.4, -0.2) is 42.6 Å². The number of thiazole rings is 1. The third-order valence-corrected chi connectivity index (χ3v) is 5.93. The zero-order valence-corrected chi connectivity index (χ0v) is 15.8. The molecule has 2 aliphatic rings. The zero-order valence-electron chi connectivity index (χ0n) is 15.0. The Hall–Kier alpha value is -1.80. The molecule has 1 saturated heterocycles. The summed E-state index contributed by atoms with van der Waals surface area (Å²) in [6, 6.07) is 8.24. The molecular weight excluding hydrogens is 373 g/mol. The van der Waals surface area contributed by atoms with Crippen molar-refractivity contribution in [2.45, 2.75) is 25.6 Å². The van der Waals surface area contributed by atoms with E-state index in [0.717, 1.165) is 54.4 Å². The van der Waals surface area contributed by atoms with E-state index in [2.05, 4.69) is 32.2 Å². The van der Waals surface area contributed by atoms with Crippen LogP contribution in [0.4, 0.5) is 24.0 Å². The number of nitrogens with one attached hydrogen (secondary N) is 1. The standard InChI is InChI=1S/C19H23F3N4S/c20-19(21,22)17-13-27-18(24-17)23-11-14-3-5-16(6-4-14)26-9-7-25(8-10-26)12-15-1-2-15/h3-6,13,15H,1-2,7-12H2,(H,23,24). The van der Waals surface area contributed by atoms with Gasteiger partial charge in [0.15, 0.2) is 10.8 Å². The van der Waals surface area contributed by atoms with Crippen LogP contribution >= 0.6 is 11.3 Å². The van der Waals surface area contributed by atoms with Crippen LogP contribution in [0.15, 0.2) is 29.6 Å². The minimum atomic E-state index is -4.39. The summed E-state index contributed by atoms with van der Waals surface area (Å²) in [5.41, 5.74) is 1.39. The fourth-order valence-electron chi connectivity index (χ4n) is 3.34. The second-order valence-corrected chi connectivity index (χ2v) is 8.14. The Labute approximate surface area is 161 Å². The smallest absolute Gasteiger partial charge is 0.369 e. The van der Waals surface area contributed by atoms with Gasteiger partial charge in [-0.05, 0) is 36.5 Å². The fraction of sp³-hybridized carbons (Fsp3) is 0.526. The number of anilines is 2. The van der Waals surface area contributed by atoms with Gasteiger partial charge in [0.1, 0.15) is 0 Å². The summed E-state index contributed by atoms with van der Waals surface area (Å²) >= 11 is 0.975. The number of aromatic nitrogens is 1. The van der Waals surface area contributed by atoms with E-state index in [0.29, 0.717) is 6.54 Å². The zero-order chi connectivity index (χ0) is 18.9. The van der Waals surface area contributed by atoms with Gasteiger partial charge in [0.25, 0.3) is 0 Å². The van der Waals surface area contributed by atoms with Crippen LogP contribution < -0.4 is 10.2 Å². The number of piperazine rings is 1. The van der Waals surface area contributed by atoms with Gasteiger partial charge in [-0.15, -0.1) is 11.3 Å². The largest absolute Gasteiger partial charge is 0.434 e. The monoisotopic (exact) mass is 396 g/mol. The van der Waals surface area contributed by atoms with E-state index in [-0.39, 0.29) is 5.13 Å². The summed E-state index contributed by atoms with van der Waals surface area (Å²) in [6.45, 7) is 6.04. The van der Waals surface area contributed by atoms with Crippen molar-refractivity contribution < 1.29 is 13.2 Å². The van der Waals surface area contributed by atoms with E-state index in [1.807, 2.05) is 12.1 Å². The Morgan fingerprint density at radius 2 is 1.78 bits per heavy atom. The summed E-state index contributed by atoms with van der Waals surface area (Å²) in [4.78, 5) is 8.55. The van der Waals surface area contributed by atoms with Crippen molar-refractivity contribution >= 4 is 22.2 Å². The van der Waals surface area contributed by atoms with Gasteiger partial charge in [0.05, 0.1) is 0 Å². The lowest BCUT2D eigenvalue weighted by Gasteiger charge is -2.36. The van der Waals surface area contributed by atoms with Crippen molar-refractivity contribution in [3.63, 3.8) is 0 Å². The van der Waals surface area contributed by atoms with E-state index in [1.54, 1.807) is 0 Å². The summed E-state index contributed by atoms with van der Waals surface area (Å²) in [5, 5.41) is 4.30. The molecule has 0 radical (unpaired) electrons. The average Bonchev–Trinajstić information content (AvgIpc) is 3.32. The van der Waals surface area contributed by atoms with E-state index in [4.69, 9.17) is 0 Å². The molecule has 4 rings (SSSR count). The van der Waals surface area contributed by atoms with E-state index < -0.39 is 11.9 Å². The fourth-order valence-corrected chi connectivity index (χ4v) is 4.06. The molecule has 0 bridgehead atoms. The molecule has 4 nitrogen and oxygen atoms in total. The van der Waals surface area contributed by atoms with Crippen molar-refractivity contribution in [1.29, 1.82) is 0 Å². The molecule has 1 aliphatic carbocycles. The molecule has 1 N–H and O–H groups in total. The molecule has 2 aromatic rings. The molecule has 0 atom stereocenters. The SMILES string of the molecule is FC(F)(F)c1csc(NCc2ccc(N3CCN(CC4CC4)CC3)cc2)n1. The van der Waals surface area contributed by atoms with Crippen LogP contribution in [0.5, 0.6) is 0 Å². The first kappa shape index (κ1) is 18.6. The second-order valence-electron chi connectivity index (χ2n) is 7.29. The highest BCUT2D eigenvalue weighted by Crippen LogP contribution is 2.32. The molecule has 27 heavy (non-hydrogen) atoms. The molecule has 1 aliphatic heterocycles. The van der Waals surface area contributed by atoms with Crippen LogP contribution in [0.2, 0.25) is 0 Å². The highest BCUT2D eigenvalue weighted by Gasteiger charge is 2.33. The Morgan fingerprint density at radius 1 is 1.07 bits per heavy atom. The number of nitrogens with zero attached hydrogens (tertiary/aromatic N) is 3. The van der Waals surface area contributed by atoms with Gasteiger partial charge in [-0.3, -0.25) is 4.90 Å². The van der Waals surface area contributed by atoms with Crippen LogP contribution in [-0.2, 0) is 12.7 Å². The highest BCUT2D eigenvalue weighted by molar-refractivity contribution is 7.13. The molecule has 0 unspecified atom stereocenters. The molecule has 8 heteroatoms. The minimum absolute atomic E-state index is 0.290. The second kappa shape index (κ2) is 7.67. The molecule has 0 spiro atoms. The maximum Gasteiger partial charge on any atom is 0.434 e. The van der Waals surface area contributed by atoms with Gasteiger partial charge in [-0.1, -0.05) is 12.1 Å². The first-order valence-electron chi connectivity index (χ1n) is 9.30. The predicted molar refractivity (Wildman–Crippen MR) is 102 cm³/mol. The Balaban J connectivity index is 1.27. The minimum Gasteiger partial charge on any atom is -0.369 e. The van der Waals surface area contributed by atoms with Gasteiger partial charge in [0, 0.05) is 50.3 Å². The third kappa shape index (κ3) is 4.93. The molecule has 146 valence electrons. The number of hydrogen-bond donors (Lipinski definition) is 1. The topological polar surface area (TPSA) is 31.4 Å². The maximum atomic E-state index is 12.6. The number of hydrogen-bond acceptors (Lipinski definition) is 5. The first-order valence-corrected chi connectivity index (χ1v) is 10.2. The van der Waals surface area contributed by atoms with Crippen LogP contribution in [0, 0.1) is 5.92 Å². The molecular formula is C19H23F3N4S. The van der Waals surface area contributed by atoms with Gasteiger partial charge in [-0.25, -0.2) is 4.98 Å². The van der Waals surface area contributed by atoms with Crippen LogP contribution in [0.1, 0.15) is 24.1 Å². The first-order chi connectivity index (χ1) is 13.0. The van der Waals surface area contributed by atoms with Crippen molar-refractivity contribution in [2.75, 3.05) is 42.9 Å². The molecule has 1 aromatic heterocycles. The van der Waals surface area contributed by atoms with Crippen molar-refractivity contribution in [2.24, 2.45) is 5.92 Å². The van der Waals surface area contributed by atoms with Crippen molar-refractivity contribution in [3.05, 3.63) is 40.9 Å². The third-order valence-electron chi connectivity index (χ3n) is 5.13. The molecule has 2 fully saturated rings. The predicted octanol–water partition coefficient (Wildman–Crippen LogP) is 4.31. The summed E-state index contributed by atoms with van der Waals surface area (Å²) in [7, 11) is 0. The lowest BCUT2D eigenvalue weighted by atomic mass is 10.1. The Bertz CT molecular complexity index is 747. The molecule has 0 amide bonds. The Morgan fingerprint density at radius 3 is 2.37 bits per heavy atom. The number of halogens is 3. The lowest BCUT2D eigenvalue weighted by molar-refractivity contribution is -0.140. The quantitative estimate of drug-likeness (QED) is 0.789. The normalized spacial score (nSPS) is 18.7. The van der Waals surface area contributed by atoms with Crippen LogP contribution in [0.3, 0.4) is 0 Å². The van der Waals surface area contributed by atoms with Crippen molar-refractivity contribution in [1.82, 2.24) is 9.88 Å². The maximum absolute atomic E-state index is 12.6. The average molecular weight is 396 g/mol.